The highest BCUT2D eigenvalue weighted by Crippen LogP contribution is 2.14. The van der Waals surface area contributed by atoms with Crippen LogP contribution in [-0.2, 0) is 11.3 Å². The Balaban J connectivity index is 1.48. The first-order valence-corrected chi connectivity index (χ1v) is 8.23. The number of hydrazine groups is 1. The van der Waals surface area contributed by atoms with Gasteiger partial charge in [0.15, 0.2) is 0 Å². The molecule has 0 radical (unpaired) electrons. The maximum absolute atomic E-state index is 12.3. The van der Waals surface area contributed by atoms with Crippen molar-refractivity contribution >= 4 is 21.8 Å². The second-order valence-corrected chi connectivity index (χ2v) is 6.60. The molecule has 0 aliphatic carbocycles. The average molecular weight is 353 g/mol. The number of rotatable bonds is 3. The molecule has 114 valence electrons. The first-order valence-electron chi connectivity index (χ1n) is 7.44. The molecule has 0 saturated carbocycles. The summed E-state index contributed by atoms with van der Waals surface area (Å²) in [5.41, 5.74) is 7.37. The molecule has 6 heteroatoms. The van der Waals surface area contributed by atoms with Crippen molar-refractivity contribution in [3.05, 3.63) is 34.3 Å². The summed E-state index contributed by atoms with van der Waals surface area (Å²) in [4.78, 5) is 16.8. The van der Waals surface area contributed by atoms with E-state index in [1.807, 2.05) is 4.90 Å². The third kappa shape index (κ3) is 3.83. The number of nitrogens with one attached hydrogen (secondary N) is 2. The van der Waals surface area contributed by atoms with Gasteiger partial charge in [-0.05, 0) is 17.7 Å². The van der Waals surface area contributed by atoms with Crippen LogP contribution in [0, 0.1) is 5.92 Å². The smallest absolute Gasteiger partial charge is 0.228 e. The molecule has 1 aromatic rings. The maximum atomic E-state index is 12.3. The summed E-state index contributed by atoms with van der Waals surface area (Å²) in [6.07, 6.45) is 0. The second kappa shape index (κ2) is 6.87. The Kier molecular flexibility index (Phi) is 4.90. The van der Waals surface area contributed by atoms with E-state index < -0.39 is 0 Å². The van der Waals surface area contributed by atoms with Crippen molar-refractivity contribution in [1.29, 1.82) is 0 Å². The molecule has 1 aromatic carbocycles. The largest absolute Gasteiger partial charge is 0.340 e. The van der Waals surface area contributed by atoms with Crippen LogP contribution in [0.5, 0.6) is 0 Å². The van der Waals surface area contributed by atoms with Gasteiger partial charge in [-0.25, -0.2) is 0 Å². The van der Waals surface area contributed by atoms with Crippen molar-refractivity contribution in [2.75, 3.05) is 39.3 Å². The van der Waals surface area contributed by atoms with Gasteiger partial charge in [-0.15, -0.1) is 0 Å². The Morgan fingerprint density at radius 1 is 1.10 bits per heavy atom. The molecule has 0 aromatic heterocycles. The van der Waals surface area contributed by atoms with E-state index >= 15 is 0 Å². The zero-order valence-electron chi connectivity index (χ0n) is 12.0. The van der Waals surface area contributed by atoms with Crippen molar-refractivity contribution in [1.82, 2.24) is 20.7 Å². The van der Waals surface area contributed by atoms with E-state index in [0.29, 0.717) is 0 Å². The van der Waals surface area contributed by atoms with Crippen LogP contribution in [0.3, 0.4) is 0 Å². The van der Waals surface area contributed by atoms with Crippen LogP contribution in [0.15, 0.2) is 28.7 Å². The van der Waals surface area contributed by atoms with Crippen LogP contribution in [0.2, 0.25) is 0 Å². The standard InChI is InChI=1S/C15H21BrN4O/c16-14-3-1-12(2-4-14)11-19-5-7-20(8-6-19)15(21)13-9-17-18-10-13/h1-4,13,17-18H,5-11H2. The maximum Gasteiger partial charge on any atom is 0.228 e. The van der Waals surface area contributed by atoms with Crippen molar-refractivity contribution < 1.29 is 4.79 Å². The minimum atomic E-state index is 0.100. The molecule has 2 aliphatic heterocycles. The highest BCUT2D eigenvalue weighted by atomic mass is 79.9. The van der Waals surface area contributed by atoms with Crippen LogP contribution < -0.4 is 10.9 Å². The van der Waals surface area contributed by atoms with E-state index in [4.69, 9.17) is 0 Å². The normalized spacial score (nSPS) is 20.9. The number of amides is 1. The summed E-state index contributed by atoms with van der Waals surface area (Å²) >= 11 is 3.46. The van der Waals surface area contributed by atoms with E-state index in [1.165, 1.54) is 5.56 Å². The van der Waals surface area contributed by atoms with Crippen molar-refractivity contribution in [3.63, 3.8) is 0 Å². The Hall–Kier alpha value is -0.950. The Labute approximate surface area is 133 Å². The first-order chi connectivity index (χ1) is 10.2. The fourth-order valence-corrected chi connectivity index (χ4v) is 3.13. The van der Waals surface area contributed by atoms with E-state index in [0.717, 1.165) is 50.3 Å². The van der Waals surface area contributed by atoms with E-state index in [1.54, 1.807) is 0 Å². The highest BCUT2D eigenvalue weighted by molar-refractivity contribution is 9.10. The van der Waals surface area contributed by atoms with Crippen LogP contribution in [0.25, 0.3) is 0 Å². The number of hydrogen-bond donors (Lipinski definition) is 2. The number of hydrogen-bond acceptors (Lipinski definition) is 4. The predicted octanol–water partition coefficient (Wildman–Crippen LogP) is 0.817. The lowest BCUT2D eigenvalue weighted by molar-refractivity contribution is -0.136. The van der Waals surface area contributed by atoms with Crippen LogP contribution in [0.1, 0.15) is 5.56 Å². The van der Waals surface area contributed by atoms with Crippen LogP contribution in [0.4, 0.5) is 0 Å². The van der Waals surface area contributed by atoms with Crippen molar-refractivity contribution in [2.24, 2.45) is 5.92 Å². The zero-order chi connectivity index (χ0) is 14.7. The minimum absolute atomic E-state index is 0.100. The lowest BCUT2D eigenvalue weighted by Gasteiger charge is -2.35. The van der Waals surface area contributed by atoms with Gasteiger partial charge in [0.1, 0.15) is 0 Å². The molecule has 2 aliphatic rings. The van der Waals surface area contributed by atoms with Gasteiger partial charge in [-0.2, -0.15) is 0 Å². The Morgan fingerprint density at radius 2 is 1.71 bits per heavy atom. The van der Waals surface area contributed by atoms with Gasteiger partial charge in [0.2, 0.25) is 5.91 Å². The second-order valence-electron chi connectivity index (χ2n) is 5.69. The number of carbonyl (C=O) groups excluding carboxylic acids is 1. The predicted molar refractivity (Wildman–Crippen MR) is 85.5 cm³/mol. The first kappa shape index (κ1) is 15.0. The molecule has 2 saturated heterocycles. The molecule has 21 heavy (non-hydrogen) atoms. The van der Waals surface area contributed by atoms with Gasteiger partial charge in [0.25, 0.3) is 0 Å². The number of benzene rings is 1. The Morgan fingerprint density at radius 3 is 2.33 bits per heavy atom. The molecule has 2 fully saturated rings. The van der Waals surface area contributed by atoms with Crippen molar-refractivity contribution in [2.45, 2.75) is 6.54 Å². The number of carbonyl (C=O) groups is 1. The quantitative estimate of drug-likeness (QED) is 0.845. The van der Waals surface area contributed by atoms with E-state index in [9.17, 15) is 4.79 Å². The van der Waals surface area contributed by atoms with Gasteiger partial charge in [0.05, 0.1) is 5.92 Å². The molecule has 0 atom stereocenters. The molecule has 5 nitrogen and oxygen atoms in total. The van der Waals surface area contributed by atoms with Gasteiger partial charge in [-0.1, -0.05) is 28.1 Å². The molecular weight excluding hydrogens is 332 g/mol. The van der Waals surface area contributed by atoms with Gasteiger partial charge >= 0.3 is 0 Å². The summed E-state index contributed by atoms with van der Waals surface area (Å²) in [5.74, 6) is 0.388. The topological polar surface area (TPSA) is 47.6 Å². The summed E-state index contributed by atoms with van der Waals surface area (Å²) in [5, 5.41) is 0. The average Bonchev–Trinajstić information content (AvgIpc) is 3.04. The third-order valence-corrected chi connectivity index (χ3v) is 4.70. The van der Waals surface area contributed by atoms with E-state index in [-0.39, 0.29) is 11.8 Å². The van der Waals surface area contributed by atoms with Crippen LogP contribution in [-0.4, -0.2) is 55.0 Å². The van der Waals surface area contributed by atoms with Crippen LogP contribution >= 0.6 is 15.9 Å². The number of piperazine rings is 1. The summed E-state index contributed by atoms with van der Waals surface area (Å²) in [7, 11) is 0. The molecule has 2 heterocycles. The number of nitrogens with zero attached hydrogens (tertiary/aromatic N) is 2. The molecule has 1 amide bonds. The Bertz CT molecular complexity index is 479. The lowest BCUT2D eigenvalue weighted by Crippen LogP contribution is -2.50. The third-order valence-electron chi connectivity index (χ3n) is 4.17. The molecular formula is C15H21BrN4O. The van der Waals surface area contributed by atoms with Gasteiger partial charge in [-0.3, -0.25) is 20.5 Å². The van der Waals surface area contributed by atoms with E-state index in [2.05, 4.69) is 55.9 Å². The fraction of sp³-hybridized carbons (Fsp3) is 0.533. The lowest BCUT2D eigenvalue weighted by atomic mass is 10.1. The molecule has 0 bridgehead atoms. The number of halogens is 1. The van der Waals surface area contributed by atoms with Gasteiger partial charge in [0, 0.05) is 50.3 Å². The summed E-state index contributed by atoms with van der Waals surface area (Å²) < 4.78 is 1.11. The summed E-state index contributed by atoms with van der Waals surface area (Å²) in [6.45, 7) is 6.04. The SMILES string of the molecule is O=C(C1CNNC1)N1CCN(Cc2ccc(Br)cc2)CC1. The van der Waals surface area contributed by atoms with Crippen molar-refractivity contribution in [3.8, 4) is 0 Å². The minimum Gasteiger partial charge on any atom is -0.340 e. The zero-order valence-corrected chi connectivity index (χ0v) is 13.6. The molecule has 0 spiro atoms. The monoisotopic (exact) mass is 352 g/mol. The highest BCUT2D eigenvalue weighted by Gasteiger charge is 2.29. The molecule has 2 N–H and O–H groups in total. The fourth-order valence-electron chi connectivity index (χ4n) is 2.87. The van der Waals surface area contributed by atoms with Gasteiger partial charge < -0.3 is 4.90 Å². The molecule has 3 rings (SSSR count). The molecule has 0 unspecified atom stereocenters. The summed E-state index contributed by atoms with van der Waals surface area (Å²) in [6, 6.07) is 8.46.